The summed E-state index contributed by atoms with van der Waals surface area (Å²) in [5.41, 5.74) is 2.46. The highest BCUT2D eigenvalue weighted by molar-refractivity contribution is 6.31. The summed E-state index contributed by atoms with van der Waals surface area (Å²) in [6, 6.07) is 14.9. The van der Waals surface area contributed by atoms with Crippen LogP contribution in [-0.4, -0.2) is 35.4 Å². The number of amidine groups is 2. The summed E-state index contributed by atoms with van der Waals surface area (Å²) in [6.07, 6.45) is 0.259. The molecule has 0 amide bonds. The van der Waals surface area contributed by atoms with E-state index in [0.717, 1.165) is 36.0 Å². The maximum Gasteiger partial charge on any atom is 0.170 e. The Morgan fingerprint density at radius 1 is 1.17 bits per heavy atom. The maximum absolute atomic E-state index is 12.5. The third-order valence-electron chi connectivity index (χ3n) is 4.02. The number of Topliss-reactive ketones (excluding diaryl/α,β-unsaturated/α-hetero) is 1. The number of rotatable bonds is 3. The topological polar surface area (TPSA) is 45.0 Å². The molecule has 0 aromatic heterocycles. The van der Waals surface area contributed by atoms with Gasteiger partial charge in [-0.2, -0.15) is 0 Å². The average molecular weight is 324 g/mol. The Bertz CT molecular complexity index is 843. The number of hydrogen-bond donors (Lipinski definition) is 0. The third kappa shape index (κ3) is 2.55. The second-order valence-corrected chi connectivity index (χ2v) is 5.95. The predicted octanol–water partition coefficient (Wildman–Crippen LogP) is 3.72. The molecule has 4 nitrogen and oxygen atoms in total. The van der Waals surface area contributed by atoms with Crippen molar-refractivity contribution in [2.75, 3.05) is 13.1 Å². The molecule has 0 radical (unpaired) electrons. The zero-order chi connectivity index (χ0) is 15.8. The molecule has 2 aromatic carbocycles. The standard InChI is InChI=1S/C18H14ClN3O/c19-13-6-7-14-15(10-13)21-17(22-9-8-20-18(14)22)11-16(23)12-4-2-1-3-5-12/h1-7,10H,8-9,11H2. The van der Waals surface area contributed by atoms with Crippen molar-refractivity contribution in [1.29, 1.82) is 0 Å². The number of hydrogen-bond acceptors (Lipinski definition) is 4. The Hall–Kier alpha value is -2.46. The third-order valence-corrected chi connectivity index (χ3v) is 4.25. The van der Waals surface area contributed by atoms with Crippen molar-refractivity contribution < 1.29 is 4.79 Å². The van der Waals surface area contributed by atoms with E-state index in [2.05, 4.69) is 9.98 Å². The van der Waals surface area contributed by atoms with Gasteiger partial charge in [0.2, 0.25) is 0 Å². The molecule has 0 bridgehead atoms. The van der Waals surface area contributed by atoms with Crippen LogP contribution in [0, 0.1) is 0 Å². The normalized spacial score (nSPS) is 15.6. The Morgan fingerprint density at radius 3 is 2.83 bits per heavy atom. The molecule has 2 aromatic rings. The number of halogens is 1. The van der Waals surface area contributed by atoms with Gasteiger partial charge in [-0.3, -0.25) is 9.79 Å². The Kier molecular flexibility index (Phi) is 3.46. The smallest absolute Gasteiger partial charge is 0.170 e. The van der Waals surface area contributed by atoms with Gasteiger partial charge >= 0.3 is 0 Å². The molecule has 114 valence electrons. The van der Waals surface area contributed by atoms with Crippen LogP contribution in [0.25, 0.3) is 0 Å². The molecule has 0 unspecified atom stereocenters. The van der Waals surface area contributed by atoms with Crippen LogP contribution < -0.4 is 0 Å². The number of carbonyl (C=O) groups is 1. The van der Waals surface area contributed by atoms with Gasteiger partial charge in [-0.25, -0.2) is 4.99 Å². The lowest BCUT2D eigenvalue weighted by molar-refractivity contribution is 0.0998. The molecule has 0 N–H and O–H groups in total. The molecule has 0 aliphatic carbocycles. The van der Waals surface area contributed by atoms with Gasteiger partial charge < -0.3 is 4.90 Å². The lowest BCUT2D eigenvalue weighted by atomic mass is 10.0. The zero-order valence-corrected chi connectivity index (χ0v) is 13.1. The van der Waals surface area contributed by atoms with Crippen LogP contribution in [0.1, 0.15) is 22.3 Å². The lowest BCUT2D eigenvalue weighted by Gasteiger charge is -2.27. The highest BCUT2D eigenvalue weighted by Crippen LogP contribution is 2.32. The maximum atomic E-state index is 12.5. The number of ketones is 1. The molecule has 2 aliphatic rings. The van der Waals surface area contributed by atoms with E-state index in [1.165, 1.54) is 0 Å². The highest BCUT2D eigenvalue weighted by Gasteiger charge is 2.30. The summed E-state index contributed by atoms with van der Waals surface area (Å²) in [7, 11) is 0. The largest absolute Gasteiger partial charge is 0.312 e. The summed E-state index contributed by atoms with van der Waals surface area (Å²) in [5, 5.41) is 0.633. The zero-order valence-electron chi connectivity index (χ0n) is 12.4. The molecular formula is C18H14ClN3O. The van der Waals surface area contributed by atoms with Crippen LogP contribution in [0.5, 0.6) is 0 Å². The van der Waals surface area contributed by atoms with Crippen LogP contribution in [0.2, 0.25) is 5.02 Å². The summed E-state index contributed by atoms with van der Waals surface area (Å²) in [5.74, 6) is 1.69. The molecule has 2 heterocycles. The van der Waals surface area contributed by atoms with Crippen molar-refractivity contribution in [3.8, 4) is 0 Å². The van der Waals surface area contributed by atoms with E-state index in [1.54, 1.807) is 0 Å². The first-order valence-electron chi connectivity index (χ1n) is 7.50. The van der Waals surface area contributed by atoms with Gasteiger partial charge in [0.25, 0.3) is 0 Å². The number of benzene rings is 2. The SMILES string of the molecule is O=C(CC1=Nc2cc(Cl)ccc2C2=NCCN12)c1ccccc1. The average Bonchev–Trinajstić information content (AvgIpc) is 3.05. The van der Waals surface area contributed by atoms with E-state index >= 15 is 0 Å². The summed E-state index contributed by atoms with van der Waals surface area (Å²) < 4.78 is 0. The minimum atomic E-state index is 0.0566. The summed E-state index contributed by atoms with van der Waals surface area (Å²) >= 11 is 6.08. The van der Waals surface area contributed by atoms with Crippen LogP contribution >= 0.6 is 11.6 Å². The van der Waals surface area contributed by atoms with E-state index in [-0.39, 0.29) is 12.2 Å². The van der Waals surface area contributed by atoms with Crippen molar-refractivity contribution >= 4 is 34.7 Å². The van der Waals surface area contributed by atoms with E-state index in [1.807, 2.05) is 53.4 Å². The van der Waals surface area contributed by atoms with E-state index in [0.29, 0.717) is 10.6 Å². The van der Waals surface area contributed by atoms with E-state index < -0.39 is 0 Å². The molecule has 0 spiro atoms. The van der Waals surface area contributed by atoms with Crippen molar-refractivity contribution in [2.24, 2.45) is 9.98 Å². The van der Waals surface area contributed by atoms with Gasteiger partial charge in [-0.15, -0.1) is 0 Å². The van der Waals surface area contributed by atoms with Gasteiger partial charge in [-0.05, 0) is 18.2 Å². The van der Waals surface area contributed by atoms with Gasteiger partial charge in [0.15, 0.2) is 5.78 Å². The van der Waals surface area contributed by atoms with Crippen molar-refractivity contribution in [3.63, 3.8) is 0 Å². The number of carbonyl (C=O) groups excluding carboxylic acids is 1. The van der Waals surface area contributed by atoms with E-state index in [9.17, 15) is 4.79 Å². The van der Waals surface area contributed by atoms with Crippen LogP contribution in [-0.2, 0) is 0 Å². The molecular weight excluding hydrogens is 310 g/mol. The van der Waals surface area contributed by atoms with Gasteiger partial charge in [0.1, 0.15) is 11.7 Å². The first-order chi connectivity index (χ1) is 11.2. The molecule has 0 fully saturated rings. The highest BCUT2D eigenvalue weighted by atomic mass is 35.5. The quantitative estimate of drug-likeness (QED) is 0.808. The Labute approximate surface area is 139 Å². The van der Waals surface area contributed by atoms with Crippen molar-refractivity contribution in [3.05, 3.63) is 64.7 Å². The molecule has 5 heteroatoms. The molecule has 23 heavy (non-hydrogen) atoms. The van der Waals surface area contributed by atoms with Crippen LogP contribution in [0.3, 0.4) is 0 Å². The molecule has 0 atom stereocenters. The van der Waals surface area contributed by atoms with Crippen LogP contribution in [0.4, 0.5) is 5.69 Å². The summed E-state index contributed by atoms with van der Waals surface area (Å²) in [6.45, 7) is 1.48. The second kappa shape index (κ2) is 5.63. The van der Waals surface area contributed by atoms with Gasteiger partial charge in [0, 0.05) is 22.7 Å². The number of aliphatic imine (C=N–C) groups is 2. The first kappa shape index (κ1) is 14.2. The minimum absolute atomic E-state index is 0.0566. The fraction of sp³-hybridized carbons (Fsp3) is 0.167. The van der Waals surface area contributed by atoms with E-state index in [4.69, 9.17) is 11.6 Å². The molecule has 2 aliphatic heterocycles. The van der Waals surface area contributed by atoms with Gasteiger partial charge in [-0.1, -0.05) is 41.9 Å². The monoisotopic (exact) mass is 323 g/mol. The number of nitrogens with zero attached hydrogens (tertiary/aromatic N) is 3. The minimum Gasteiger partial charge on any atom is -0.312 e. The van der Waals surface area contributed by atoms with Crippen molar-refractivity contribution in [1.82, 2.24) is 4.90 Å². The second-order valence-electron chi connectivity index (χ2n) is 5.51. The molecule has 0 saturated carbocycles. The Balaban J connectivity index is 1.71. The number of fused-ring (bicyclic) bond motifs is 3. The van der Waals surface area contributed by atoms with Crippen LogP contribution in [0.15, 0.2) is 58.5 Å². The first-order valence-corrected chi connectivity index (χ1v) is 7.88. The lowest BCUT2D eigenvalue weighted by Crippen LogP contribution is -2.38. The fourth-order valence-electron chi connectivity index (χ4n) is 2.92. The van der Waals surface area contributed by atoms with Crippen molar-refractivity contribution in [2.45, 2.75) is 6.42 Å². The predicted molar refractivity (Wildman–Crippen MR) is 92.0 cm³/mol. The Morgan fingerprint density at radius 2 is 2.00 bits per heavy atom. The van der Waals surface area contributed by atoms with Gasteiger partial charge in [0.05, 0.1) is 18.7 Å². The summed E-state index contributed by atoms with van der Waals surface area (Å²) in [4.78, 5) is 23.8. The molecule has 0 saturated heterocycles. The fourth-order valence-corrected chi connectivity index (χ4v) is 3.09. The molecule has 4 rings (SSSR count).